The van der Waals surface area contributed by atoms with E-state index in [1.165, 1.54) is 25.7 Å². The number of hydrogen-bond acceptors (Lipinski definition) is 2. The zero-order chi connectivity index (χ0) is 12.1. The molecule has 1 aliphatic heterocycles. The zero-order valence-corrected chi connectivity index (χ0v) is 11.0. The molecule has 3 heteroatoms. The molecule has 98 valence electrons. The Morgan fingerprint density at radius 1 is 1.12 bits per heavy atom. The van der Waals surface area contributed by atoms with Gasteiger partial charge >= 0.3 is 0 Å². The molecule has 0 unspecified atom stereocenters. The summed E-state index contributed by atoms with van der Waals surface area (Å²) in [6.45, 7) is 5.42. The topological polar surface area (TPSA) is 41.1 Å². The summed E-state index contributed by atoms with van der Waals surface area (Å²) < 4.78 is 0. The highest BCUT2D eigenvalue weighted by molar-refractivity contribution is 5.78. The standard InChI is InChI=1S/C14H26N2O/c1-11-2-4-13(5-3-11)14(17)16-10-12-6-8-15-9-7-12/h11-13,15H,2-10H2,1H3,(H,16,17). The summed E-state index contributed by atoms with van der Waals surface area (Å²) in [7, 11) is 0. The molecule has 1 saturated heterocycles. The average molecular weight is 238 g/mol. The zero-order valence-electron chi connectivity index (χ0n) is 11.0. The summed E-state index contributed by atoms with van der Waals surface area (Å²) in [5, 5.41) is 6.53. The molecule has 2 rings (SSSR count). The van der Waals surface area contributed by atoms with E-state index < -0.39 is 0 Å². The Balaban J connectivity index is 1.66. The number of carbonyl (C=O) groups excluding carboxylic acids is 1. The summed E-state index contributed by atoms with van der Waals surface area (Å²) in [6.07, 6.45) is 7.07. The van der Waals surface area contributed by atoms with E-state index in [1.807, 2.05) is 0 Å². The molecular formula is C14H26N2O. The normalized spacial score (nSPS) is 31.1. The van der Waals surface area contributed by atoms with Crippen LogP contribution in [0.15, 0.2) is 0 Å². The highest BCUT2D eigenvalue weighted by atomic mass is 16.1. The van der Waals surface area contributed by atoms with Gasteiger partial charge in [0.15, 0.2) is 0 Å². The number of amides is 1. The molecule has 0 radical (unpaired) electrons. The largest absolute Gasteiger partial charge is 0.356 e. The van der Waals surface area contributed by atoms with Crippen molar-refractivity contribution in [2.24, 2.45) is 17.8 Å². The second-order valence-electron chi connectivity index (χ2n) is 5.90. The molecule has 0 aromatic carbocycles. The quantitative estimate of drug-likeness (QED) is 0.789. The maximum absolute atomic E-state index is 12.0. The number of carbonyl (C=O) groups is 1. The first-order chi connectivity index (χ1) is 8.25. The number of nitrogens with one attached hydrogen (secondary N) is 2. The van der Waals surface area contributed by atoms with Crippen molar-refractivity contribution >= 4 is 5.91 Å². The van der Waals surface area contributed by atoms with E-state index in [9.17, 15) is 4.79 Å². The van der Waals surface area contributed by atoms with Crippen molar-refractivity contribution in [2.75, 3.05) is 19.6 Å². The molecule has 0 bridgehead atoms. The Hall–Kier alpha value is -0.570. The van der Waals surface area contributed by atoms with Gasteiger partial charge in [0, 0.05) is 12.5 Å². The second kappa shape index (κ2) is 6.39. The van der Waals surface area contributed by atoms with Gasteiger partial charge in [-0.05, 0) is 63.5 Å². The Kier molecular flexibility index (Phi) is 4.84. The lowest BCUT2D eigenvalue weighted by atomic mass is 9.82. The van der Waals surface area contributed by atoms with Crippen molar-refractivity contribution < 1.29 is 4.79 Å². The summed E-state index contributed by atoms with van der Waals surface area (Å²) in [5.41, 5.74) is 0. The van der Waals surface area contributed by atoms with Gasteiger partial charge in [0.25, 0.3) is 0 Å². The van der Waals surface area contributed by atoms with Crippen LogP contribution in [-0.2, 0) is 4.79 Å². The Morgan fingerprint density at radius 2 is 1.76 bits per heavy atom. The van der Waals surface area contributed by atoms with Crippen molar-refractivity contribution in [2.45, 2.75) is 45.4 Å². The lowest BCUT2D eigenvalue weighted by molar-refractivity contribution is -0.126. The molecule has 1 amide bonds. The summed E-state index contributed by atoms with van der Waals surface area (Å²) in [4.78, 5) is 12.0. The molecule has 3 nitrogen and oxygen atoms in total. The van der Waals surface area contributed by atoms with Crippen molar-refractivity contribution in [3.05, 3.63) is 0 Å². The molecular weight excluding hydrogens is 212 g/mol. The van der Waals surface area contributed by atoms with Gasteiger partial charge < -0.3 is 10.6 Å². The fraction of sp³-hybridized carbons (Fsp3) is 0.929. The predicted octanol–water partition coefficient (Wildman–Crippen LogP) is 1.93. The maximum atomic E-state index is 12.0. The number of piperidine rings is 1. The van der Waals surface area contributed by atoms with Gasteiger partial charge in [-0.2, -0.15) is 0 Å². The molecule has 0 spiro atoms. The molecule has 17 heavy (non-hydrogen) atoms. The lowest BCUT2D eigenvalue weighted by Gasteiger charge is -2.27. The van der Waals surface area contributed by atoms with Crippen LogP contribution in [0.1, 0.15) is 45.4 Å². The smallest absolute Gasteiger partial charge is 0.223 e. The SMILES string of the molecule is CC1CCC(C(=O)NCC2CCNCC2)CC1. The van der Waals surface area contributed by atoms with E-state index in [1.54, 1.807) is 0 Å². The first kappa shape index (κ1) is 12.9. The highest BCUT2D eigenvalue weighted by Gasteiger charge is 2.24. The Labute approximate surface area is 105 Å². The first-order valence-electron chi connectivity index (χ1n) is 7.24. The van der Waals surface area contributed by atoms with E-state index in [0.717, 1.165) is 38.4 Å². The van der Waals surface area contributed by atoms with Gasteiger partial charge in [-0.15, -0.1) is 0 Å². The van der Waals surface area contributed by atoms with Gasteiger partial charge in [0.1, 0.15) is 0 Å². The minimum atomic E-state index is 0.299. The summed E-state index contributed by atoms with van der Waals surface area (Å²) >= 11 is 0. The van der Waals surface area contributed by atoms with Crippen molar-refractivity contribution in [1.82, 2.24) is 10.6 Å². The molecule has 1 aliphatic carbocycles. The van der Waals surface area contributed by atoms with Gasteiger partial charge in [0.05, 0.1) is 0 Å². The van der Waals surface area contributed by atoms with Crippen molar-refractivity contribution in [3.8, 4) is 0 Å². The van der Waals surface area contributed by atoms with Crippen LogP contribution < -0.4 is 10.6 Å². The van der Waals surface area contributed by atoms with Crippen LogP contribution in [0.2, 0.25) is 0 Å². The van der Waals surface area contributed by atoms with E-state index in [-0.39, 0.29) is 0 Å². The second-order valence-corrected chi connectivity index (χ2v) is 5.90. The third kappa shape index (κ3) is 3.98. The molecule has 0 aromatic rings. The van der Waals surface area contributed by atoms with Crippen LogP contribution in [0, 0.1) is 17.8 Å². The average Bonchev–Trinajstić information content (AvgIpc) is 2.38. The van der Waals surface area contributed by atoms with Crippen LogP contribution in [0.5, 0.6) is 0 Å². The number of rotatable bonds is 3. The predicted molar refractivity (Wildman–Crippen MR) is 69.7 cm³/mol. The van der Waals surface area contributed by atoms with E-state index >= 15 is 0 Å². The fourth-order valence-corrected chi connectivity index (χ4v) is 3.00. The van der Waals surface area contributed by atoms with Crippen LogP contribution in [0.3, 0.4) is 0 Å². The lowest BCUT2D eigenvalue weighted by Crippen LogP contribution is -2.39. The van der Waals surface area contributed by atoms with Gasteiger partial charge in [-0.3, -0.25) is 4.79 Å². The van der Waals surface area contributed by atoms with E-state index in [0.29, 0.717) is 17.7 Å². The van der Waals surface area contributed by atoms with Gasteiger partial charge in [0.2, 0.25) is 5.91 Å². The molecule has 1 saturated carbocycles. The third-order valence-electron chi connectivity index (χ3n) is 4.41. The minimum absolute atomic E-state index is 0.299. The van der Waals surface area contributed by atoms with Gasteiger partial charge in [-0.25, -0.2) is 0 Å². The van der Waals surface area contributed by atoms with Crippen molar-refractivity contribution in [3.63, 3.8) is 0 Å². The highest BCUT2D eigenvalue weighted by Crippen LogP contribution is 2.28. The van der Waals surface area contributed by atoms with Gasteiger partial charge in [-0.1, -0.05) is 6.92 Å². The van der Waals surface area contributed by atoms with Crippen LogP contribution >= 0.6 is 0 Å². The maximum Gasteiger partial charge on any atom is 0.223 e. The summed E-state index contributed by atoms with van der Waals surface area (Å²) in [6, 6.07) is 0. The van der Waals surface area contributed by atoms with Crippen LogP contribution in [-0.4, -0.2) is 25.5 Å². The fourth-order valence-electron chi connectivity index (χ4n) is 3.00. The van der Waals surface area contributed by atoms with Crippen LogP contribution in [0.4, 0.5) is 0 Å². The first-order valence-corrected chi connectivity index (χ1v) is 7.24. The molecule has 2 N–H and O–H groups in total. The van der Waals surface area contributed by atoms with E-state index in [2.05, 4.69) is 17.6 Å². The molecule has 1 heterocycles. The Morgan fingerprint density at radius 3 is 2.41 bits per heavy atom. The van der Waals surface area contributed by atoms with Crippen molar-refractivity contribution in [1.29, 1.82) is 0 Å². The third-order valence-corrected chi connectivity index (χ3v) is 4.41. The molecule has 2 aliphatic rings. The number of hydrogen-bond donors (Lipinski definition) is 2. The monoisotopic (exact) mass is 238 g/mol. The van der Waals surface area contributed by atoms with E-state index in [4.69, 9.17) is 0 Å². The molecule has 0 aromatic heterocycles. The van der Waals surface area contributed by atoms with Crippen LogP contribution in [0.25, 0.3) is 0 Å². The molecule has 2 fully saturated rings. The Bertz CT molecular complexity index is 241. The molecule has 0 atom stereocenters. The minimum Gasteiger partial charge on any atom is -0.356 e. The summed E-state index contributed by atoms with van der Waals surface area (Å²) in [5.74, 6) is 2.13.